The third kappa shape index (κ3) is 2.14. The number of hydrogen-bond donors (Lipinski definition) is 1. The third-order valence-corrected chi connectivity index (χ3v) is 4.60. The van der Waals surface area contributed by atoms with Gasteiger partial charge in [-0.2, -0.15) is 0 Å². The lowest BCUT2D eigenvalue weighted by atomic mass is 10.0. The molecule has 2 nitrogen and oxygen atoms in total. The lowest BCUT2D eigenvalue weighted by molar-refractivity contribution is 0.454. The van der Waals surface area contributed by atoms with Crippen molar-refractivity contribution in [1.29, 1.82) is 0 Å². The lowest BCUT2D eigenvalue weighted by Gasteiger charge is -2.27. The molecule has 0 spiro atoms. The summed E-state index contributed by atoms with van der Waals surface area (Å²) in [6.07, 6.45) is 5.10. The molecule has 0 radical (unpaired) electrons. The summed E-state index contributed by atoms with van der Waals surface area (Å²) in [6.45, 7) is 5.69. The van der Waals surface area contributed by atoms with Gasteiger partial charge in [-0.1, -0.05) is 6.07 Å². The average Bonchev–Trinajstić information content (AvgIpc) is 2.93. The highest BCUT2D eigenvalue weighted by Crippen LogP contribution is 2.30. The second-order valence-corrected chi connectivity index (χ2v) is 6.54. The van der Waals surface area contributed by atoms with Crippen LogP contribution in [-0.4, -0.2) is 25.2 Å². The molecule has 1 aromatic carbocycles. The van der Waals surface area contributed by atoms with Crippen molar-refractivity contribution in [2.45, 2.75) is 51.1 Å². The zero-order valence-electron chi connectivity index (χ0n) is 11.8. The number of benzene rings is 1. The Hall–Kier alpha value is -1.02. The van der Waals surface area contributed by atoms with Gasteiger partial charge in [-0.25, -0.2) is 0 Å². The smallest absolute Gasteiger partial charge is 0.0428 e. The van der Waals surface area contributed by atoms with Gasteiger partial charge in [-0.3, -0.25) is 0 Å². The van der Waals surface area contributed by atoms with Crippen LogP contribution in [0.4, 0.5) is 5.69 Å². The average molecular weight is 244 g/mol. The van der Waals surface area contributed by atoms with Gasteiger partial charge in [0.15, 0.2) is 0 Å². The summed E-state index contributed by atoms with van der Waals surface area (Å²) < 4.78 is 0. The molecule has 1 atom stereocenters. The first-order valence-corrected chi connectivity index (χ1v) is 7.15. The van der Waals surface area contributed by atoms with Gasteiger partial charge in [0.05, 0.1) is 0 Å². The molecule has 2 heteroatoms. The maximum Gasteiger partial charge on any atom is 0.0428 e. The largest absolute Gasteiger partial charge is 0.370 e. The van der Waals surface area contributed by atoms with Crippen LogP contribution in [0.2, 0.25) is 0 Å². The summed E-state index contributed by atoms with van der Waals surface area (Å²) in [4.78, 5) is 2.46. The number of nitrogens with one attached hydrogen (secondary N) is 1. The summed E-state index contributed by atoms with van der Waals surface area (Å²) in [6, 6.07) is 7.67. The number of aryl methyl sites for hydroxylation is 2. The fourth-order valence-electron chi connectivity index (χ4n) is 3.39. The number of rotatable bonds is 2. The van der Waals surface area contributed by atoms with Crippen molar-refractivity contribution in [3.63, 3.8) is 0 Å². The first-order chi connectivity index (χ1) is 8.55. The summed E-state index contributed by atoms with van der Waals surface area (Å²) in [7, 11) is 2.24. The van der Waals surface area contributed by atoms with Gasteiger partial charge in [0.25, 0.3) is 0 Å². The fraction of sp³-hybridized carbons (Fsp3) is 0.625. The van der Waals surface area contributed by atoms with Crippen molar-refractivity contribution >= 4 is 5.69 Å². The molecular formula is C16H24N2. The van der Waals surface area contributed by atoms with E-state index in [1.54, 1.807) is 11.1 Å². The second-order valence-electron chi connectivity index (χ2n) is 6.54. The van der Waals surface area contributed by atoms with Crippen LogP contribution in [-0.2, 0) is 12.8 Å². The van der Waals surface area contributed by atoms with E-state index in [0.29, 0.717) is 6.04 Å². The van der Waals surface area contributed by atoms with Gasteiger partial charge < -0.3 is 10.2 Å². The fourth-order valence-corrected chi connectivity index (χ4v) is 3.39. The van der Waals surface area contributed by atoms with Crippen LogP contribution in [0.1, 0.15) is 37.8 Å². The van der Waals surface area contributed by atoms with E-state index >= 15 is 0 Å². The van der Waals surface area contributed by atoms with Crippen LogP contribution >= 0.6 is 0 Å². The highest BCUT2D eigenvalue weighted by Gasteiger charge is 2.32. The van der Waals surface area contributed by atoms with Crippen molar-refractivity contribution in [3.05, 3.63) is 29.3 Å². The van der Waals surface area contributed by atoms with Crippen molar-refractivity contribution in [2.75, 3.05) is 18.5 Å². The van der Waals surface area contributed by atoms with Crippen LogP contribution in [0.5, 0.6) is 0 Å². The van der Waals surface area contributed by atoms with Gasteiger partial charge in [0.1, 0.15) is 0 Å². The van der Waals surface area contributed by atoms with E-state index in [1.807, 2.05) is 0 Å². The summed E-state index contributed by atoms with van der Waals surface area (Å²) in [5, 5.41) is 3.61. The van der Waals surface area contributed by atoms with Crippen LogP contribution in [0, 0.1) is 0 Å². The molecule has 0 amide bonds. The van der Waals surface area contributed by atoms with Crippen LogP contribution in [0.3, 0.4) is 0 Å². The van der Waals surface area contributed by atoms with Gasteiger partial charge >= 0.3 is 0 Å². The molecule has 1 N–H and O–H groups in total. The minimum atomic E-state index is 0.287. The van der Waals surface area contributed by atoms with E-state index in [-0.39, 0.29) is 5.54 Å². The molecule has 98 valence electrons. The van der Waals surface area contributed by atoms with Crippen molar-refractivity contribution < 1.29 is 0 Å². The van der Waals surface area contributed by atoms with Gasteiger partial charge in [0.2, 0.25) is 0 Å². The van der Waals surface area contributed by atoms with Gasteiger partial charge in [-0.15, -0.1) is 0 Å². The molecule has 1 saturated heterocycles. The van der Waals surface area contributed by atoms with E-state index in [2.05, 4.69) is 49.3 Å². The summed E-state index contributed by atoms with van der Waals surface area (Å²) in [5.41, 5.74) is 4.82. The normalized spacial score (nSPS) is 25.2. The van der Waals surface area contributed by atoms with E-state index in [4.69, 9.17) is 0 Å². The van der Waals surface area contributed by atoms with Crippen molar-refractivity contribution in [2.24, 2.45) is 0 Å². The predicted octanol–water partition coefficient (Wildman–Crippen LogP) is 2.75. The highest BCUT2D eigenvalue weighted by atomic mass is 15.2. The predicted molar refractivity (Wildman–Crippen MR) is 77.4 cm³/mol. The molecule has 0 saturated carbocycles. The third-order valence-electron chi connectivity index (χ3n) is 4.60. The van der Waals surface area contributed by atoms with E-state index in [9.17, 15) is 0 Å². The summed E-state index contributed by atoms with van der Waals surface area (Å²) >= 11 is 0. The van der Waals surface area contributed by atoms with E-state index < -0.39 is 0 Å². The maximum atomic E-state index is 3.61. The first kappa shape index (κ1) is 12.0. The number of anilines is 1. The Labute approximate surface area is 110 Å². The van der Waals surface area contributed by atoms with E-state index in [0.717, 1.165) is 6.54 Å². The molecular weight excluding hydrogens is 220 g/mol. The Morgan fingerprint density at radius 2 is 2.00 bits per heavy atom. The zero-order chi connectivity index (χ0) is 12.8. The molecule has 3 rings (SSSR count). The molecule has 1 fully saturated rings. The van der Waals surface area contributed by atoms with Crippen LogP contribution < -0.4 is 10.2 Å². The molecule has 1 aliphatic carbocycles. The minimum absolute atomic E-state index is 0.287. The molecule has 1 unspecified atom stereocenters. The van der Waals surface area contributed by atoms with Crippen LogP contribution in [0.25, 0.3) is 0 Å². The Morgan fingerprint density at radius 1 is 1.22 bits per heavy atom. The SMILES string of the molecule is CN(c1ccc2c(c1)CCC2)C1CNC(C)(C)C1. The molecule has 0 aromatic heterocycles. The number of fused-ring (bicyclic) bond motifs is 1. The van der Waals surface area contributed by atoms with Crippen LogP contribution in [0.15, 0.2) is 18.2 Å². The second kappa shape index (κ2) is 4.27. The number of hydrogen-bond acceptors (Lipinski definition) is 2. The zero-order valence-corrected chi connectivity index (χ0v) is 11.8. The summed E-state index contributed by atoms with van der Waals surface area (Å²) in [5.74, 6) is 0. The number of nitrogens with zero attached hydrogens (tertiary/aromatic N) is 1. The highest BCUT2D eigenvalue weighted by molar-refractivity contribution is 5.52. The topological polar surface area (TPSA) is 15.3 Å². The van der Waals surface area contributed by atoms with E-state index in [1.165, 1.54) is 31.4 Å². The van der Waals surface area contributed by atoms with Crippen molar-refractivity contribution in [1.82, 2.24) is 5.32 Å². The van der Waals surface area contributed by atoms with Gasteiger partial charge in [0, 0.05) is 30.9 Å². The molecule has 2 aliphatic rings. The Kier molecular flexibility index (Phi) is 2.86. The minimum Gasteiger partial charge on any atom is -0.370 e. The monoisotopic (exact) mass is 244 g/mol. The first-order valence-electron chi connectivity index (χ1n) is 7.15. The maximum absolute atomic E-state index is 3.61. The molecule has 1 heterocycles. The standard InChI is InChI=1S/C16H24N2/c1-16(2)10-15(11-17-16)18(3)14-8-7-12-5-4-6-13(12)9-14/h7-9,15,17H,4-6,10-11H2,1-3H3. The Balaban J connectivity index is 1.78. The number of likely N-dealkylation sites (N-methyl/N-ethyl adjacent to an activating group) is 1. The van der Waals surface area contributed by atoms with Gasteiger partial charge in [-0.05, 0) is 62.8 Å². The molecule has 1 aliphatic heterocycles. The quantitative estimate of drug-likeness (QED) is 0.860. The van der Waals surface area contributed by atoms with Crippen molar-refractivity contribution in [3.8, 4) is 0 Å². The Bertz CT molecular complexity index is 450. The molecule has 0 bridgehead atoms. The molecule has 18 heavy (non-hydrogen) atoms. The molecule has 1 aromatic rings. The Morgan fingerprint density at radius 3 is 2.72 bits per heavy atom. The lowest BCUT2D eigenvalue weighted by Crippen LogP contribution is -2.33.